The van der Waals surface area contributed by atoms with Crippen molar-refractivity contribution in [1.82, 2.24) is 10.2 Å². The summed E-state index contributed by atoms with van der Waals surface area (Å²) in [6.07, 6.45) is 0. The lowest BCUT2D eigenvalue weighted by molar-refractivity contribution is 0.0667. The van der Waals surface area contributed by atoms with Crippen LogP contribution >= 0.6 is 0 Å². The maximum Gasteiger partial charge on any atom is 0.357 e. The first-order valence-corrected chi connectivity index (χ1v) is 5.52. The van der Waals surface area contributed by atoms with E-state index in [9.17, 15) is 19.2 Å². The highest BCUT2D eigenvalue weighted by molar-refractivity contribution is 6.20. The highest BCUT2D eigenvalue weighted by atomic mass is 16.4. The lowest BCUT2D eigenvalue weighted by Crippen LogP contribution is -2.15. The highest BCUT2D eigenvalue weighted by Crippen LogP contribution is 2.28. The number of hydrogen-bond acceptors (Lipinski definition) is 6. The monoisotopic (exact) mass is 306 g/mol. The van der Waals surface area contributed by atoms with Gasteiger partial charge in [0.15, 0.2) is 11.4 Å². The predicted octanol–water partition coefficient (Wildman–Crippen LogP) is 0.423. The van der Waals surface area contributed by atoms with Crippen molar-refractivity contribution in [1.29, 1.82) is 0 Å². The van der Waals surface area contributed by atoms with E-state index in [1.165, 1.54) is 0 Å². The van der Waals surface area contributed by atoms with Gasteiger partial charge in [-0.05, 0) is 12.1 Å². The number of nitrogens with zero attached hydrogens (tertiary/aromatic N) is 2. The summed E-state index contributed by atoms with van der Waals surface area (Å²) in [5, 5.41) is 41.5. The van der Waals surface area contributed by atoms with Crippen LogP contribution in [0.4, 0.5) is 0 Å². The molecular formula is C12H6N2O8. The van der Waals surface area contributed by atoms with E-state index < -0.39 is 57.2 Å². The molecule has 112 valence electrons. The van der Waals surface area contributed by atoms with E-state index in [2.05, 4.69) is 10.2 Å². The zero-order chi connectivity index (χ0) is 16.6. The van der Waals surface area contributed by atoms with Crippen LogP contribution in [-0.4, -0.2) is 54.5 Å². The van der Waals surface area contributed by atoms with Crippen LogP contribution in [-0.2, 0) is 0 Å². The number of aromatic nitrogens is 2. The first-order chi connectivity index (χ1) is 10.3. The Morgan fingerprint density at radius 1 is 0.636 bits per heavy atom. The van der Waals surface area contributed by atoms with Gasteiger partial charge in [-0.3, -0.25) is 0 Å². The number of hydrogen-bond donors (Lipinski definition) is 4. The van der Waals surface area contributed by atoms with E-state index in [1.54, 1.807) is 0 Å². The van der Waals surface area contributed by atoms with Crippen molar-refractivity contribution in [2.75, 3.05) is 0 Å². The van der Waals surface area contributed by atoms with E-state index in [0.717, 1.165) is 12.1 Å². The Morgan fingerprint density at radius 3 is 1.18 bits per heavy atom. The number of rotatable bonds is 4. The lowest BCUT2D eigenvalue weighted by atomic mass is 9.97. The third kappa shape index (κ3) is 2.18. The minimum Gasteiger partial charge on any atom is -0.478 e. The van der Waals surface area contributed by atoms with Gasteiger partial charge >= 0.3 is 23.9 Å². The quantitative estimate of drug-likeness (QED) is 0.619. The first-order valence-electron chi connectivity index (χ1n) is 5.52. The van der Waals surface area contributed by atoms with Crippen LogP contribution in [0.2, 0.25) is 0 Å². The molecule has 0 fully saturated rings. The van der Waals surface area contributed by atoms with Crippen molar-refractivity contribution in [3.8, 4) is 0 Å². The van der Waals surface area contributed by atoms with Crippen molar-refractivity contribution in [3.05, 3.63) is 34.6 Å². The van der Waals surface area contributed by atoms with Gasteiger partial charge in [-0.2, -0.15) is 0 Å². The molecule has 0 spiro atoms. The third-order valence-electron chi connectivity index (χ3n) is 2.79. The molecule has 4 N–H and O–H groups in total. The third-order valence-corrected chi connectivity index (χ3v) is 2.79. The van der Waals surface area contributed by atoms with Gasteiger partial charge < -0.3 is 20.4 Å². The van der Waals surface area contributed by atoms with E-state index in [1.807, 2.05) is 0 Å². The summed E-state index contributed by atoms with van der Waals surface area (Å²) < 4.78 is 0. The van der Waals surface area contributed by atoms with Crippen molar-refractivity contribution in [3.63, 3.8) is 0 Å². The van der Waals surface area contributed by atoms with Gasteiger partial charge in [0, 0.05) is 10.8 Å². The zero-order valence-electron chi connectivity index (χ0n) is 10.5. The molecule has 0 amide bonds. The molecule has 0 saturated carbocycles. The number of benzene rings is 1. The molecular weight excluding hydrogens is 300 g/mol. The predicted molar refractivity (Wildman–Crippen MR) is 67.4 cm³/mol. The molecule has 0 aliphatic carbocycles. The van der Waals surface area contributed by atoms with Gasteiger partial charge in [-0.15, -0.1) is 10.2 Å². The van der Waals surface area contributed by atoms with Gasteiger partial charge in [0.25, 0.3) is 0 Å². The second-order valence-electron chi connectivity index (χ2n) is 4.03. The van der Waals surface area contributed by atoms with E-state index in [0.29, 0.717) is 0 Å². The molecule has 0 bridgehead atoms. The number of carboxylic acid groups (broad SMARTS) is 4. The normalized spacial score (nSPS) is 10.4. The Hall–Kier alpha value is -3.56. The summed E-state index contributed by atoms with van der Waals surface area (Å²) >= 11 is 0. The zero-order valence-corrected chi connectivity index (χ0v) is 10.5. The van der Waals surface area contributed by atoms with E-state index in [-0.39, 0.29) is 0 Å². The second kappa shape index (κ2) is 5.09. The summed E-state index contributed by atoms with van der Waals surface area (Å²) in [6.45, 7) is 0. The number of carbonyl (C=O) groups is 4. The van der Waals surface area contributed by atoms with Crippen molar-refractivity contribution < 1.29 is 39.6 Å². The molecule has 0 aliphatic heterocycles. The fraction of sp³-hybridized carbons (Fsp3) is 0. The van der Waals surface area contributed by atoms with Gasteiger partial charge in [0.05, 0.1) is 11.1 Å². The van der Waals surface area contributed by atoms with Crippen LogP contribution < -0.4 is 0 Å². The Kier molecular flexibility index (Phi) is 3.43. The van der Waals surface area contributed by atoms with Gasteiger partial charge in [-0.25, -0.2) is 19.2 Å². The molecule has 2 rings (SSSR count). The molecule has 0 aliphatic rings. The molecule has 10 nitrogen and oxygen atoms in total. The molecule has 0 unspecified atom stereocenters. The number of aromatic carboxylic acids is 4. The molecule has 1 aromatic carbocycles. The average Bonchev–Trinajstić information content (AvgIpc) is 2.43. The van der Waals surface area contributed by atoms with Crippen LogP contribution in [0.5, 0.6) is 0 Å². The van der Waals surface area contributed by atoms with Crippen LogP contribution in [0.25, 0.3) is 10.8 Å². The first kappa shape index (κ1) is 14.8. The van der Waals surface area contributed by atoms with Gasteiger partial charge in [0.1, 0.15) is 0 Å². The summed E-state index contributed by atoms with van der Waals surface area (Å²) in [7, 11) is 0. The summed E-state index contributed by atoms with van der Waals surface area (Å²) in [5.74, 6) is -6.46. The maximum absolute atomic E-state index is 11.2. The van der Waals surface area contributed by atoms with Crippen LogP contribution in [0.3, 0.4) is 0 Å². The highest BCUT2D eigenvalue weighted by Gasteiger charge is 2.27. The summed E-state index contributed by atoms with van der Waals surface area (Å²) in [5.41, 5.74) is -2.87. The smallest absolute Gasteiger partial charge is 0.357 e. The fourth-order valence-corrected chi connectivity index (χ4v) is 1.95. The van der Waals surface area contributed by atoms with Crippen molar-refractivity contribution in [2.45, 2.75) is 0 Å². The Balaban J connectivity index is 3.17. The summed E-state index contributed by atoms with van der Waals surface area (Å²) in [6, 6.07) is 1.74. The lowest BCUT2D eigenvalue weighted by Gasteiger charge is -2.10. The Morgan fingerprint density at radius 2 is 0.955 bits per heavy atom. The standard InChI is InChI=1S/C12H6N2O8/c15-9(16)3-1-2-4(10(17)18)6-5(3)7(11(19)20)13-14-8(6)12(21)22/h1-2H,(H,15,16)(H,17,18)(H,19,20)(H,21,22). The van der Waals surface area contributed by atoms with Crippen LogP contribution in [0.15, 0.2) is 12.1 Å². The minimum absolute atomic E-state index is 0.588. The van der Waals surface area contributed by atoms with Gasteiger partial charge in [-0.1, -0.05) is 0 Å². The van der Waals surface area contributed by atoms with Crippen molar-refractivity contribution >= 4 is 34.6 Å². The second-order valence-corrected chi connectivity index (χ2v) is 4.03. The fourth-order valence-electron chi connectivity index (χ4n) is 1.95. The molecule has 0 atom stereocenters. The molecule has 1 aromatic heterocycles. The van der Waals surface area contributed by atoms with E-state index in [4.69, 9.17) is 20.4 Å². The Labute approximate surface area is 120 Å². The molecule has 0 saturated heterocycles. The molecule has 22 heavy (non-hydrogen) atoms. The van der Waals surface area contributed by atoms with Crippen LogP contribution in [0.1, 0.15) is 41.7 Å². The van der Waals surface area contributed by atoms with Crippen LogP contribution in [0, 0.1) is 0 Å². The minimum atomic E-state index is -1.67. The average molecular weight is 306 g/mol. The topological polar surface area (TPSA) is 175 Å². The molecule has 2 aromatic rings. The molecule has 0 radical (unpaired) electrons. The number of fused-ring (bicyclic) bond motifs is 1. The number of carboxylic acids is 4. The Bertz CT molecular complexity index is 721. The van der Waals surface area contributed by atoms with Gasteiger partial charge in [0.2, 0.25) is 0 Å². The summed E-state index contributed by atoms with van der Waals surface area (Å²) in [4.78, 5) is 44.8. The maximum atomic E-state index is 11.2. The molecule has 10 heteroatoms. The largest absolute Gasteiger partial charge is 0.478 e. The SMILES string of the molecule is O=C(O)c1ccc(C(=O)O)c2c(C(=O)O)nnc(C(=O)O)c12. The van der Waals surface area contributed by atoms with Crippen molar-refractivity contribution in [2.24, 2.45) is 0 Å². The molecule has 1 heterocycles. The van der Waals surface area contributed by atoms with E-state index >= 15 is 0 Å².